The normalized spacial score (nSPS) is 30.8. The van der Waals surface area contributed by atoms with Crippen LogP contribution >= 0.6 is 0 Å². The monoisotopic (exact) mass is 692 g/mol. The fourth-order valence-corrected chi connectivity index (χ4v) is 4.96. The van der Waals surface area contributed by atoms with Crippen molar-refractivity contribution >= 4 is 17.9 Å². The number of hydrogen-bond acceptors (Lipinski definition) is 16. The summed E-state index contributed by atoms with van der Waals surface area (Å²) in [6.07, 6.45) is -9.35. The second-order valence-corrected chi connectivity index (χ2v) is 11.1. The Labute approximate surface area is 280 Å². The van der Waals surface area contributed by atoms with E-state index in [1.165, 1.54) is 62.8 Å². The fraction of sp³-hybridized carbons (Fsp3) is 0.424. The molecule has 0 bridgehead atoms. The lowest BCUT2D eigenvalue weighted by Gasteiger charge is -2.42. The van der Waals surface area contributed by atoms with E-state index in [0.717, 1.165) is 6.08 Å². The summed E-state index contributed by atoms with van der Waals surface area (Å²) in [5.41, 5.74) is 1.10. The molecule has 2 heterocycles. The molecule has 0 saturated carbocycles. The molecule has 2 saturated heterocycles. The molecule has 0 aliphatic carbocycles. The molecule has 2 aliphatic rings. The third-order valence-corrected chi connectivity index (χ3v) is 7.75. The van der Waals surface area contributed by atoms with Gasteiger partial charge in [0.25, 0.3) is 0 Å². The smallest absolute Gasteiger partial charge is 0.229 e. The van der Waals surface area contributed by atoms with Gasteiger partial charge in [0.1, 0.15) is 54.6 Å². The first-order chi connectivity index (χ1) is 23.4. The zero-order chi connectivity index (χ0) is 35.8. The van der Waals surface area contributed by atoms with Crippen LogP contribution in [0, 0.1) is 0 Å². The number of aliphatic hydroxyl groups is 8. The first-order valence-electron chi connectivity index (χ1n) is 15.0. The quantitative estimate of drug-likeness (QED) is 0.0704. The molecular weight excluding hydrogens is 652 g/mol. The summed E-state index contributed by atoms with van der Waals surface area (Å²) in [5.74, 6) is -0.446. The molecule has 4 rings (SSSR count). The van der Waals surface area contributed by atoms with Gasteiger partial charge in [-0.2, -0.15) is 0 Å². The number of hydrogen-bond donors (Lipinski definition) is 9. The maximum absolute atomic E-state index is 12.3. The number of benzene rings is 2. The van der Waals surface area contributed by atoms with Crippen molar-refractivity contribution in [2.75, 3.05) is 27.4 Å². The van der Waals surface area contributed by atoms with E-state index in [-0.39, 0.29) is 28.8 Å². The summed E-state index contributed by atoms with van der Waals surface area (Å²) in [5, 5.41) is 91.0. The molecule has 2 fully saturated rings. The van der Waals surface area contributed by atoms with Gasteiger partial charge in [0.15, 0.2) is 35.1 Å². The molecule has 0 spiro atoms. The number of phenolic OH excluding ortho intramolecular Hbond substituents is 1. The van der Waals surface area contributed by atoms with Crippen LogP contribution in [0.15, 0.2) is 60.4 Å². The van der Waals surface area contributed by atoms with Gasteiger partial charge in [-0.1, -0.05) is 24.3 Å². The standard InChI is InChI=1S/C33H40O16/c1-44-22-11-16(5-9-20(22)37)3-7-18(35)13-19(36)8-4-17-6-10-21(23(12-17)45-2)47-33-31(43)29(41)27(39)25(49-33)15-46-32-30(42)28(40)26(38)24(14-34)48-32/h3-13,24-34,36-43H,14-15H2,1-2H3. The van der Waals surface area contributed by atoms with E-state index in [4.69, 9.17) is 28.4 Å². The van der Waals surface area contributed by atoms with Crippen molar-refractivity contribution < 1.29 is 79.2 Å². The van der Waals surface area contributed by atoms with Gasteiger partial charge >= 0.3 is 0 Å². The van der Waals surface area contributed by atoms with E-state index >= 15 is 0 Å². The Kier molecular flexibility index (Phi) is 13.1. The third-order valence-electron chi connectivity index (χ3n) is 7.75. The lowest BCUT2D eigenvalue weighted by atomic mass is 9.98. The molecule has 10 atom stereocenters. The van der Waals surface area contributed by atoms with Crippen molar-refractivity contribution in [1.82, 2.24) is 0 Å². The average molecular weight is 693 g/mol. The van der Waals surface area contributed by atoms with Gasteiger partial charge in [-0.3, -0.25) is 4.79 Å². The van der Waals surface area contributed by atoms with E-state index in [2.05, 4.69) is 0 Å². The van der Waals surface area contributed by atoms with E-state index in [1.807, 2.05) is 0 Å². The zero-order valence-corrected chi connectivity index (χ0v) is 26.4. The number of phenols is 1. The van der Waals surface area contributed by atoms with Crippen molar-refractivity contribution in [2.45, 2.75) is 61.4 Å². The lowest BCUT2D eigenvalue weighted by Crippen LogP contribution is -2.62. The average Bonchev–Trinajstić information content (AvgIpc) is 3.10. The minimum absolute atomic E-state index is 0.0461. The van der Waals surface area contributed by atoms with Crippen LogP contribution in [0.5, 0.6) is 23.0 Å². The van der Waals surface area contributed by atoms with Crippen LogP contribution in [-0.2, 0) is 19.0 Å². The Morgan fingerprint density at radius 2 is 1.31 bits per heavy atom. The maximum atomic E-state index is 12.3. The van der Waals surface area contributed by atoms with Gasteiger partial charge in [-0.15, -0.1) is 0 Å². The van der Waals surface area contributed by atoms with E-state index in [1.54, 1.807) is 12.1 Å². The second-order valence-electron chi connectivity index (χ2n) is 11.1. The molecule has 16 nitrogen and oxygen atoms in total. The van der Waals surface area contributed by atoms with Crippen molar-refractivity contribution in [3.8, 4) is 23.0 Å². The van der Waals surface area contributed by atoms with Crippen LogP contribution in [0.25, 0.3) is 12.2 Å². The highest BCUT2D eigenvalue weighted by atomic mass is 16.7. The summed E-state index contributed by atoms with van der Waals surface area (Å²) in [6.45, 7) is -1.21. The molecule has 2 aliphatic heterocycles. The summed E-state index contributed by atoms with van der Waals surface area (Å²) in [7, 11) is 2.74. The number of aliphatic hydroxyl groups excluding tert-OH is 8. The molecule has 2 aromatic carbocycles. The molecule has 9 N–H and O–H groups in total. The predicted octanol–water partition coefficient (Wildman–Crippen LogP) is -0.850. The van der Waals surface area contributed by atoms with Crippen molar-refractivity contribution in [3.63, 3.8) is 0 Å². The first-order valence-corrected chi connectivity index (χ1v) is 15.0. The molecule has 268 valence electrons. The molecule has 2 aromatic rings. The predicted molar refractivity (Wildman–Crippen MR) is 168 cm³/mol. The van der Waals surface area contributed by atoms with Gasteiger partial charge in [-0.25, -0.2) is 0 Å². The number of rotatable bonds is 13. The summed E-state index contributed by atoms with van der Waals surface area (Å²) in [4.78, 5) is 12.3. The largest absolute Gasteiger partial charge is 0.508 e. The minimum Gasteiger partial charge on any atom is -0.508 e. The number of ether oxygens (including phenoxy) is 6. The molecule has 0 aromatic heterocycles. The second kappa shape index (κ2) is 17.0. The maximum Gasteiger partial charge on any atom is 0.229 e. The van der Waals surface area contributed by atoms with Crippen LogP contribution in [0.3, 0.4) is 0 Å². The van der Waals surface area contributed by atoms with Crippen LogP contribution < -0.4 is 14.2 Å². The van der Waals surface area contributed by atoms with Crippen molar-refractivity contribution in [2.24, 2.45) is 0 Å². The van der Waals surface area contributed by atoms with E-state index in [0.29, 0.717) is 11.1 Å². The van der Waals surface area contributed by atoms with Gasteiger partial charge < -0.3 is 74.4 Å². The zero-order valence-electron chi connectivity index (χ0n) is 26.4. The highest BCUT2D eigenvalue weighted by Gasteiger charge is 2.48. The highest BCUT2D eigenvalue weighted by Crippen LogP contribution is 2.33. The van der Waals surface area contributed by atoms with Crippen LogP contribution in [0.1, 0.15) is 11.1 Å². The van der Waals surface area contributed by atoms with Gasteiger partial charge in [0.2, 0.25) is 6.29 Å². The number of ketones is 1. The number of allylic oxidation sites excluding steroid dienone is 3. The molecule has 0 amide bonds. The number of carbonyl (C=O) groups excluding carboxylic acids is 1. The van der Waals surface area contributed by atoms with E-state index in [9.17, 15) is 50.8 Å². The number of methoxy groups -OCH3 is 2. The minimum atomic E-state index is -1.76. The van der Waals surface area contributed by atoms with Gasteiger partial charge in [0.05, 0.1) is 27.4 Å². The molecule has 10 unspecified atom stereocenters. The Bertz CT molecular complexity index is 1510. The molecule has 16 heteroatoms. The molecule has 0 radical (unpaired) electrons. The Balaban J connectivity index is 1.38. The fourth-order valence-electron chi connectivity index (χ4n) is 4.96. The van der Waals surface area contributed by atoms with Gasteiger partial charge in [-0.05, 0) is 47.5 Å². The lowest BCUT2D eigenvalue weighted by molar-refractivity contribution is -0.323. The van der Waals surface area contributed by atoms with Crippen molar-refractivity contribution in [3.05, 3.63) is 71.5 Å². The van der Waals surface area contributed by atoms with Crippen LogP contribution in [0.4, 0.5) is 0 Å². The molecule has 49 heavy (non-hydrogen) atoms. The third kappa shape index (κ3) is 9.34. The topological polar surface area (TPSA) is 255 Å². The Morgan fingerprint density at radius 1 is 0.735 bits per heavy atom. The van der Waals surface area contributed by atoms with Crippen molar-refractivity contribution in [1.29, 1.82) is 0 Å². The summed E-state index contributed by atoms with van der Waals surface area (Å²) < 4.78 is 32.5. The molecular formula is C33H40O16. The summed E-state index contributed by atoms with van der Waals surface area (Å²) in [6, 6.07) is 9.06. The summed E-state index contributed by atoms with van der Waals surface area (Å²) >= 11 is 0. The van der Waals surface area contributed by atoms with Gasteiger partial charge in [0, 0.05) is 6.08 Å². The SMILES string of the molecule is COc1cc(C=CC(=O)C=C(O)C=Cc2ccc(OC3OC(COC4OC(CO)C(O)C(O)C4O)C(O)C(O)C3O)c(OC)c2)ccc1O. The highest BCUT2D eigenvalue weighted by molar-refractivity contribution is 6.02. The number of carbonyl (C=O) groups is 1. The van der Waals surface area contributed by atoms with Crippen LogP contribution in [0.2, 0.25) is 0 Å². The Hall–Kier alpha value is -4.07. The number of aromatic hydroxyl groups is 1. The first kappa shape index (κ1) is 37.7. The van der Waals surface area contributed by atoms with E-state index < -0.39 is 80.4 Å². The Morgan fingerprint density at radius 3 is 1.96 bits per heavy atom. The van der Waals surface area contributed by atoms with Crippen LogP contribution in [-0.4, -0.2) is 141 Å².